The standard InChI is InChI=1S/C11H13BrFNO/c1-11(6-14-7-11)15-5-8-4-9(12)2-3-10(8)13/h2-4,14H,5-7H2,1H3. The summed E-state index contributed by atoms with van der Waals surface area (Å²) < 4.78 is 19.9. The molecule has 1 aromatic rings. The van der Waals surface area contributed by atoms with E-state index >= 15 is 0 Å². The van der Waals surface area contributed by atoms with Gasteiger partial charge in [0, 0.05) is 23.1 Å². The number of hydrogen-bond donors (Lipinski definition) is 1. The van der Waals surface area contributed by atoms with Crippen LogP contribution in [0.3, 0.4) is 0 Å². The lowest BCUT2D eigenvalue weighted by Crippen LogP contribution is -2.58. The lowest BCUT2D eigenvalue weighted by atomic mass is 10.00. The van der Waals surface area contributed by atoms with Crippen LogP contribution in [0.1, 0.15) is 12.5 Å². The highest BCUT2D eigenvalue weighted by Crippen LogP contribution is 2.21. The van der Waals surface area contributed by atoms with E-state index in [0.717, 1.165) is 17.6 Å². The van der Waals surface area contributed by atoms with Crippen molar-refractivity contribution >= 4 is 15.9 Å². The maximum absolute atomic E-state index is 13.4. The molecule has 0 saturated carbocycles. The summed E-state index contributed by atoms with van der Waals surface area (Å²) in [6.07, 6.45) is 0. The molecule has 2 rings (SSSR count). The van der Waals surface area contributed by atoms with Gasteiger partial charge < -0.3 is 10.1 Å². The van der Waals surface area contributed by atoms with Crippen LogP contribution in [-0.2, 0) is 11.3 Å². The Morgan fingerprint density at radius 1 is 1.53 bits per heavy atom. The fourth-order valence-corrected chi connectivity index (χ4v) is 1.89. The molecule has 1 aliphatic rings. The molecule has 0 aliphatic carbocycles. The average molecular weight is 274 g/mol. The minimum absolute atomic E-state index is 0.130. The smallest absolute Gasteiger partial charge is 0.128 e. The molecule has 4 heteroatoms. The van der Waals surface area contributed by atoms with Crippen molar-refractivity contribution in [3.63, 3.8) is 0 Å². The molecule has 0 radical (unpaired) electrons. The zero-order chi connectivity index (χ0) is 10.9. The van der Waals surface area contributed by atoms with Crippen molar-refractivity contribution in [2.75, 3.05) is 13.1 Å². The lowest BCUT2D eigenvalue weighted by Gasteiger charge is -2.39. The van der Waals surface area contributed by atoms with E-state index in [9.17, 15) is 4.39 Å². The number of rotatable bonds is 3. The lowest BCUT2D eigenvalue weighted by molar-refractivity contribution is -0.0775. The maximum Gasteiger partial charge on any atom is 0.128 e. The summed E-state index contributed by atoms with van der Waals surface area (Å²) in [5.74, 6) is -0.214. The number of benzene rings is 1. The number of ether oxygens (including phenoxy) is 1. The third-order valence-corrected chi connectivity index (χ3v) is 3.08. The predicted molar refractivity (Wildman–Crippen MR) is 60.2 cm³/mol. The van der Waals surface area contributed by atoms with Crippen molar-refractivity contribution in [2.24, 2.45) is 0 Å². The first kappa shape index (κ1) is 11.0. The second-order valence-corrected chi connectivity index (χ2v) is 4.99. The van der Waals surface area contributed by atoms with Gasteiger partial charge in [0.05, 0.1) is 12.2 Å². The summed E-state index contributed by atoms with van der Waals surface area (Å²) in [6, 6.07) is 4.89. The first-order valence-electron chi connectivity index (χ1n) is 4.88. The summed E-state index contributed by atoms with van der Waals surface area (Å²) in [6.45, 7) is 4.02. The largest absolute Gasteiger partial charge is 0.368 e. The van der Waals surface area contributed by atoms with Crippen molar-refractivity contribution in [1.29, 1.82) is 0 Å². The maximum atomic E-state index is 13.4. The molecule has 82 valence electrons. The average Bonchev–Trinajstić information content (AvgIpc) is 2.17. The second-order valence-electron chi connectivity index (χ2n) is 4.08. The molecule has 0 unspecified atom stereocenters. The summed E-state index contributed by atoms with van der Waals surface area (Å²) in [5.41, 5.74) is 0.465. The van der Waals surface area contributed by atoms with Crippen molar-refractivity contribution < 1.29 is 9.13 Å². The van der Waals surface area contributed by atoms with Gasteiger partial charge in [0.25, 0.3) is 0 Å². The van der Waals surface area contributed by atoms with E-state index in [1.54, 1.807) is 12.1 Å². The summed E-state index contributed by atoms with van der Waals surface area (Å²) >= 11 is 3.31. The van der Waals surface area contributed by atoms with Gasteiger partial charge in [-0.3, -0.25) is 0 Å². The monoisotopic (exact) mass is 273 g/mol. The molecule has 1 N–H and O–H groups in total. The molecule has 15 heavy (non-hydrogen) atoms. The van der Waals surface area contributed by atoms with E-state index < -0.39 is 0 Å². The van der Waals surface area contributed by atoms with Crippen LogP contribution in [0, 0.1) is 5.82 Å². The number of hydrogen-bond acceptors (Lipinski definition) is 2. The molecule has 1 fully saturated rings. The highest BCUT2D eigenvalue weighted by Gasteiger charge is 2.32. The first-order valence-corrected chi connectivity index (χ1v) is 5.67. The zero-order valence-electron chi connectivity index (χ0n) is 8.52. The van der Waals surface area contributed by atoms with Gasteiger partial charge in [-0.15, -0.1) is 0 Å². The van der Waals surface area contributed by atoms with Crippen LogP contribution in [0.15, 0.2) is 22.7 Å². The van der Waals surface area contributed by atoms with Crippen LogP contribution in [0.5, 0.6) is 0 Å². The molecule has 1 aromatic carbocycles. The van der Waals surface area contributed by atoms with Crippen LogP contribution in [-0.4, -0.2) is 18.7 Å². The van der Waals surface area contributed by atoms with Gasteiger partial charge in [0.1, 0.15) is 5.82 Å². The van der Waals surface area contributed by atoms with E-state index in [4.69, 9.17) is 4.74 Å². The second kappa shape index (κ2) is 4.20. The SMILES string of the molecule is CC1(OCc2cc(Br)ccc2F)CNC1. The predicted octanol–water partition coefficient (Wildman–Crippen LogP) is 2.47. The van der Waals surface area contributed by atoms with Gasteiger partial charge in [0.15, 0.2) is 0 Å². The van der Waals surface area contributed by atoms with Crippen LogP contribution in [0.25, 0.3) is 0 Å². The van der Waals surface area contributed by atoms with Gasteiger partial charge >= 0.3 is 0 Å². The minimum atomic E-state index is -0.214. The van der Waals surface area contributed by atoms with Crippen molar-refractivity contribution in [3.05, 3.63) is 34.1 Å². The van der Waals surface area contributed by atoms with Crippen LogP contribution >= 0.6 is 15.9 Å². The Morgan fingerprint density at radius 2 is 2.27 bits per heavy atom. The Labute approximate surface area is 96.9 Å². The zero-order valence-corrected chi connectivity index (χ0v) is 10.1. The van der Waals surface area contributed by atoms with Gasteiger partial charge in [-0.05, 0) is 25.1 Å². The molecule has 1 aliphatic heterocycles. The number of halogens is 2. The van der Waals surface area contributed by atoms with Gasteiger partial charge in [-0.1, -0.05) is 15.9 Å². The Balaban J connectivity index is 2.01. The normalized spacial score (nSPS) is 18.6. The van der Waals surface area contributed by atoms with E-state index in [2.05, 4.69) is 21.2 Å². The molecular weight excluding hydrogens is 261 g/mol. The highest BCUT2D eigenvalue weighted by molar-refractivity contribution is 9.10. The molecule has 0 bridgehead atoms. The van der Waals surface area contributed by atoms with Gasteiger partial charge in [-0.2, -0.15) is 0 Å². The summed E-state index contributed by atoms with van der Waals surface area (Å²) in [7, 11) is 0. The molecule has 1 heterocycles. The third kappa shape index (κ3) is 2.56. The van der Waals surface area contributed by atoms with E-state index in [1.165, 1.54) is 6.07 Å². The van der Waals surface area contributed by atoms with Gasteiger partial charge in [0.2, 0.25) is 0 Å². The molecule has 2 nitrogen and oxygen atoms in total. The van der Waals surface area contributed by atoms with Crippen LogP contribution in [0.4, 0.5) is 4.39 Å². The fraction of sp³-hybridized carbons (Fsp3) is 0.455. The first-order chi connectivity index (χ1) is 7.09. The highest BCUT2D eigenvalue weighted by atomic mass is 79.9. The fourth-order valence-electron chi connectivity index (χ4n) is 1.49. The molecule has 0 aromatic heterocycles. The third-order valence-electron chi connectivity index (χ3n) is 2.58. The molecule has 1 saturated heterocycles. The van der Waals surface area contributed by atoms with Crippen molar-refractivity contribution in [2.45, 2.75) is 19.1 Å². The topological polar surface area (TPSA) is 21.3 Å². The van der Waals surface area contributed by atoms with E-state index in [1.807, 2.05) is 6.92 Å². The molecule has 0 spiro atoms. The Morgan fingerprint density at radius 3 is 2.87 bits per heavy atom. The quantitative estimate of drug-likeness (QED) is 0.914. The van der Waals surface area contributed by atoms with E-state index in [-0.39, 0.29) is 11.4 Å². The van der Waals surface area contributed by atoms with Crippen LogP contribution in [0.2, 0.25) is 0 Å². The van der Waals surface area contributed by atoms with Gasteiger partial charge in [-0.25, -0.2) is 4.39 Å². The number of nitrogens with one attached hydrogen (secondary N) is 1. The molecule has 0 amide bonds. The van der Waals surface area contributed by atoms with E-state index in [0.29, 0.717) is 12.2 Å². The van der Waals surface area contributed by atoms with Crippen molar-refractivity contribution in [1.82, 2.24) is 5.32 Å². The Kier molecular flexibility index (Phi) is 3.09. The Hall–Kier alpha value is -0.450. The summed E-state index contributed by atoms with van der Waals surface area (Å²) in [5, 5.41) is 3.14. The van der Waals surface area contributed by atoms with Crippen LogP contribution < -0.4 is 5.32 Å². The minimum Gasteiger partial charge on any atom is -0.368 e. The van der Waals surface area contributed by atoms with Crippen molar-refractivity contribution in [3.8, 4) is 0 Å². The Bertz CT molecular complexity index is 366. The molecular formula is C11H13BrFNO. The molecule has 0 atom stereocenters. The summed E-state index contributed by atoms with van der Waals surface area (Å²) in [4.78, 5) is 0.